The molecule has 12 heteroatoms. The number of aliphatic carboxylic acids is 1. The first-order valence-electron chi connectivity index (χ1n) is 23.4. The van der Waals surface area contributed by atoms with Gasteiger partial charge in [0, 0.05) is 12.8 Å². The summed E-state index contributed by atoms with van der Waals surface area (Å²) in [5.41, 5.74) is 0. The lowest BCUT2D eigenvalue weighted by atomic mass is 10.0. The number of carbonyl (C=O) groups excluding carboxylic acids is 2. The van der Waals surface area contributed by atoms with E-state index >= 15 is 0 Å². The number of esters is 1. The predicted molar refractivity (Wildman–Crippen MR) is 236 cm³/mol. The molecule has 0 aliphatic carbocycles. The van der Waals surface area contributed by atoms with Gasteiger partial charge in [-0.2, -0.15) is 0 Å². The van der Waals surface area contributed by atoms with Crippen LogP contribution in [0.2, 0.25) is 0 Å². The molecule has 3 unspecified atom stereocenters. The van der Waals surface area contributed by atoms with Gasteiger partial charge in [-0.05, 0) is 44.9 Å². The van der Waals surface area contributed by atoms with Crippen molar-refractivity contribution >= 4 is 25.7 Å². The number of carbonyl (C=O) groups is 3. The van der Waals surface area contributed by atoms with Crippen molar-refractivity contribution < 1.29 is 47.8 Å². The first-order valence-corrected chi connectivity index (χ1v) is 24.9. The number of aliphatic hydroxyl groups is 1. The number of unbranched alkanes of at least 4 members (excludes halogenated alkanes) is 26. The highest BCUT2D eigenvalue weighted by Crippen LogP contribution is 2.43. The van der Waals surface area contributed by atoms with Crippen molar-refractivity contribution in [3.8, 4) is 0 Å². The van der Waals surface area contributed by atoms with E-state index in [0.717, 1.165) is 64.2 Å². The number of hydrogen-bond donors (Lipinski definition) is 4. The summed E-state index contributed by atoms with van der Waals surface area (Å²) in [5.74, 6) is -2.38. The average molecular weight is 844 g/mol. The number of phosphoric ester groups is 1. The number of allylic oxidation sites excluding steroid dienone is 4. The monoisotopic (exact) mass is 844 g/mol. The maximum Gasteiger partial charge on any atom is 0.472 e. The molecular weight excluding hydrogens is 757 g/mol. The van der Waals surface area contributed by atoms with E-state index in [1.807, 2.05) is 0 Å². The Hall–Kier alpha value is -2.04. The van der Waals surface area contributed by atoms with Crippen LogP contribution in [0, 0.1) is 0 Å². The molecule has 0 aliphatic heterocycles. The van der Waals surface area contributed by atoms with Gasteiger partial charge in [0.2, 0.25) is 5.91 Å². The summed E-state index contributed by atoms with van der Waals surface area (Å²) in [6.07, 6.45) is 43.4. The van der Waals surface area contributed by atoms with Gasteiger partial charge in [0.05, 0.1) is 13.2 Å². The summed E-state index contributed by atoms with van der Waals surface area (Å²) in [6, 6.07) is -1.55. The molecule has 0 saturated carbocycles. The molecule has 0 aromatic heterocycles. The highest BCUT2D eigenvalue weighted by Gasteiger charge is 2.28. The average Bonchev–Trinajstić information content (AvgIpc) is 3.20. The van der Waals surface area contributed by atoms with E-state index in [4.69, 9.17) is 13.8 Å². The molecule has 0 aromatic rings. The van der Waals surface area contributed by atoms with E-state index in [2.05, 4.69) is 43.5 Å². The molecule has 0 heterocycles. The zero-order valence-corrected chi connectivity index (χ0v) is 37.8. The molecule has 0 aliphatic rings. The van der Waals surface area contributed by atoms with Crippen molar-refractivity contribution in [1.82, 2.24) is 5.32 Å². The molecule has 0 rings (SSSR count). The molecule has 0 bridgehead atoms. The lowest BCUT2D eigenvalue weighted by Gasteiger charge is -2.18. The maximum atomic E-state index is 12.3. The van der Waals surface area contributed by atoms with Crippen LogP contribution in [0.25, 0.3) is 0 Å². The van der Waals surface area contributed by atoms with E-state index in [1.54, 1.807) is 0 Å². The number of amides is 1. The SMILES string of the molecule is CCCCC/C=C\C/C=C\CCCCCCCC(=O)NC(COP(=O)(O)OCC(O)COC(=O)CCCCCCCCCCCCCCCCCCCCC)C(=O)O. The number of phosphoric acid groups is 1. The Labute approximate surface area is 353 Å². The molecule has 0 fully saturated rings. The third-order valence-corrected chi connectivity index (χ3v) is 11.2. The van der Waals surface area contributed by atoms with Crippen LogP contribution >= 0.6 is 7.82 Å². The molecule has 3 atom stereocenters. The van der Waals surface area contributed by atoms with Crippen LogP contribution in [0.4, 0.5) is 0 Å². The molecule has 0 spiro atoms. The second kappa shape index (κ2) is 41.7. The van der Waals surface area contributed by atoms with Crippen molar-refractivity contribution in [2.45, 2.75) is 231 Å². The van der Waals surface area contributed by atoms with E-state index in [9.17, 15) is 34.1 Å². The smallest absolute Gasteiger partial charge is 0.472 e. The Balaban J connectivity index is 3.85. The van der Waals surface area contributed by atoms with Gasteiger partial charge in [0.25, 0.3) is 0 Å². The van der Waals surface area contributed by atoms with Gasteiger partial charge >= 0.3 is 19.8 Å². The van der Waals surface area contributed by atoms with E-state index in [-0.39, 0.29) is 12.8 Å². The van der Waals surface area contributed by atoms with Gasteiger partial charge in [-0.25, -0.2) is 9.36 Å². The van der Waals surface area contributed by atoms with Crippen molar-refractivity contribution in [3.05, 3.63) is 24.3 Å². The molecule has 0 saturated heterocycles. The quantitative estimate of drug-likeness (QED) is 0.0200. The summed E-state index contributed by atoms with van der Waals surface area (Å²) < 4.78 is 26.9. The number of aliphatic hydroxyl groups excluding tert-OH is 1. The first kappa shape index (κ1) is 56.0. The van der Waals surface area contributed by atoms with Gasteiger partial charge in [0.1, 0.15) is 12.7 Å². The van der Waals surface area contributed by atoms with Crippen molar-refractivity contribution in [2.24, 2.45) is 0 Å². The highest BCUT2D eigenvalue weighted by atomic mass is 31.2. The number of carboxylic acid groups (broad SMARTS) is 1. The second-order valence-corrected chi connectivity index (χ2v) is 17.4. The fraction of sp³-hybridized carbons (Fsp3) is 0.848. The normalized spacial score (nSPS) is 13.9. The Morgan fingerprint density at radius 2 is 0.948 bits per heavy atom. The largest absolute Gasteiger partial charge is 0.480 e. The van der Waals surface area contributed by atoms with Crippen LogP contribution < -0.4 is 5.32 Å². The van der Waals surface area contributed by atoms with Gasteiger partial charge < -0.3 is 25.2 Å². The van der Waals surface area contributed by atoms with Crippen LogP contribution in [0.15, 0.2) is 24.3 Å². The van der Waals surface area contributed by atoms with Crippen molar-refractivity contribution in [2.75, 3.05) is 19.8 Å². The molecule has 0 radical (unpaired) electrons. The molecule has 340 valence electrons. The Kier molecular flexibility index (Phi) is 40.2. The van der Waals surface area contributed by atoms with Crippen molar-refractivity contribution in [1.29, 1.82) is 0 Å². The van der Waals surface area contributed by atoms with E-state index in [1.165, 1.54) is 116 Å². The van der Waals surface area contributed by atoms with E-state index in [0.29, 0.717) is 12.8 Å². The molecular formula is C46H86NO10P. The zero-order valence-electron chi connectivity index (χ0n) is 36.9. The third-order valence-electron chi connectivity index (χ3n) is 10.2. The Morgan fingerprint density at radius 3 is 1.43 bits per heavy atom. The number of hydrogen-bond acceptors (Lipinski definition) is 8. The van der Waals surface area contributed by atoms with Crippen LogP contribution in [0.3, 0.4) is 0 Å². The number of nitrogens with one attached hydrogen (secondary N) is 1. The summed E-state index contributed by atoms with van der Waals surface area (Å²) in [7, 11) is -4.76. The Bertz CT molecular complexity index is 1080. The third kappa shape index (κ3) is 40.7. The minimum atomic E-state index is -4.76. The molecule has 1 amide bonds. The highest BCUT2D eigenvalue weighted by molar-refractivity contribution is 7.47. The fourth-order valence-electron chi connectivity index (χ4n) is 6.58. The summed E-state index contributed by atoms with van der Waals surface area (Å²) in [5, 5.41) is 21.8. The van der Waals surface area contributed by atoms with Gasteiger partial charge in [0.15, 0.2) is 6.04 Å². The van der Waals surface area contributed by atoms with E-state index < -0.39 is 57.6 Å². The lowest BCUT2D eigenvalue weighted by Crippen LogP contribution is -2.43. The first-order chi connectivity index (χ1) is 28.1. The van der Waals surface area contributed by atoms with Gasteiger partial charge in [-0.1, -0.05) is 186 Å². The van der Waals surface area contributed by atoms with Gasteiger partial charge in [-0.3, -0.25) is 18.6 Å². The van der Waals surface area contributed by atoms with Crippen LogP contribution in [-0.4, -0.2) is 64.9 Å². The molecule has 0 aromatic carbocycles. The molecule has 11 nitrogen and oxygen atoms in total. The van der Waals surface area contributed by atoms with Crippen LogP contribution in [0.1, 0.15) is 219 Å². The predicted octanol–water partition coefficient (Wildman–Crippen LogP) is 12.2. The minimum absolute atomic E-state index is 0.131. The van der Waals surface area contributed by atoms with Gasteiger partial charge in [-0.15, -0.1) is 0 Å². The van der Waals surface area contributed by atoms with Crippen LogP contribution in [-0.2, 0) is 32.7 Å². The summed E-state index contributed by atoms with van der Waals surface area (Å²) >= 11 is 0. The minimum Gasteiger partial charge on any atom is -0.480 e. The molecule has 58 heavy (non-hydrogen) atoms. The standard InChI is InChI=1S/C46H86NO10P/c1-3-5-7-9-11-13-15-17-19-20-21-22-24-26-28-30-32-34-36-38-45(50)55-39-42(48)40-56-58(53,54)57-41-43(46(51)52)47-44(49)37-35-33-31-29-27-25-23-18-16-14-12-10-8-6-4-2/h12,14,18,23,42-43,48H,3-11,13,15-17,19-22,24-41H2,1-2H3,(H,47,49)(H,51,52)(H,53,54)/b14-12-,23-18-. The summed E-state index contributed by atoms with van der Waals surface area (Å²) in [4.78, 5) is 45.9. The number of ether oxygens (including phenoxy) is 1. The van der Waals surface area contributed by atoms with Crippen LogP contribution in [0.5, 0.6) is 0 Å². The maximum absolute atomic E-state index is 12.3. The number of carboxylic acids is 1. The summed E-state index contributed by atoms with van der Waals surface area (Å²) in [6.45, 7) is 2.58. The lowest BCUT2D eigenvalue weighted by molar-refractivity contribution is -0.147. The van der Waals surface area contributed by atoms with Crippen molar-refractivity contribution in [3.63, 3.8) is 0 Å². The Morgan fingerprint density at radius 1 is 0.552 bits per heavy atom. The topological polar surface area (TPSA) is 169 Å². The molecule has 4 N–H and O–H groups in total. The number of rotatable bonds is 44. The fourth-order valence-corrected chi connectivity index (χ4v) is 7.35. The second-order valence-electron chi connectivity index (χ2n) is 15.9. The zero-order chi connectivity index (χ0) is 42.8.